The molecular weight excluding hydrogens is 312 g/mol. The molecule has 5 nitrogen and oxygen atoms in total. The number of pyridine rings is 1. The Hall–Kier alpha value is -2.08. The van der Waals surface area contributed by atoms with Crippen molar-refractivity contribution in [2.75, 3.05) is 11.3 Å². The number of anilines is 1. The number of aryl methyl sites for hydroxylation is 1. The van der Waals surface area contributed by atoms with Gasteiger partial charge in [-0.2, -0.15) is 0 Å². The fraction of sp³-hybridized carbons (Fsp3) is 0.353. The maximum Gasteiger partial charge on any atom is 0.265 e. The summed E-state index contributed by atoms with van der Waals surface area (Å²) in [4.78, 5) is 4.07. The molecule has 0 fully saturated rings. The minimum absolute atomic E-state index is 0.151. The maximum absolute atomic E-state index is 12.6. The van der Waals surface area contributed by atoms with Crippen molar-refractivity contribution in [1.29, 1.82) is 0 Å². The van der Waals surface area contributed by atoms with Gasteiger partial charge in [-0.25, -0.2) is 8.42 Å². The normalized spacial score (nSPS) is 11.2. The Balaban J connectivity index is 2.23. The molecule has 0 aliphatic rings. The van der Waals surface area contributed by atoms with Crippen molar-refractivity contribution in [2.24, 2.45) is 0 Å². The minimum Gasteiger partial charge on any atom is -0.492 e. The summed E-state index contributed by atoms with van der Waals surface area (Å²) in [5.74, 6) is 0.378. The molecule has 23 heavy (non-hydrogen) atoms. The van der Waals surface area contributed by atoms with Crippen molar-refractivity contribution in [2.45, 2.75) is 38.0 Å². The average molecular weight is 334 g/mol. The van der Waals surface area contributed by atoms with Crippen molar-refractivity contribution in [1.82, 2.24) is 4.98 Å². The molecule has 0 saturated carbocycles. The van der Waals surface area contributed by atoms with E-state index in [2.05, 4.69) is 16.6 Å². The summed E-state index contributed by atoms with van der Waals surface area (Å²) in [6, 6.07) is 8.50. The van der Waals surface area contributed by atoms with Gasteiger partial charge in [0.1, 0.15) is 10.6 Å². The van der Waals surface area contributed by atoms with Crippen LogP contribution in [0, 0.1) is 6.92 Å². The van der Waals surface area contributed by atoms with Crippen LogP contribution in [0.5, 0.6) is 5.75 Å². The molecule has 6 heteroatoms. The molecule has 2 rings (SSSR count). The second kappa shape index (κ2) is 7.97. The van der Waals surface area contributed by atoms with Crippen molar-refractivity contribution >= 4 is 15.7 Å². The first-order valence-corrected chi connectivity index (χ1v) is 9.17. The van der Waals surface area contributed by atoms with E-state index in [1.165, 1.54) is 6.20 Å². The second-order valence-electron chi connectivity index (χ2n) is 5.35. The summed E-state index contributed by atoms with van der Waals surface area (Å²) in [7, 11) is -3.72. The monoisotopic (exact) mass is 334 g/mol. The highest BCUT2D eigenvalue weighted by molar-refractivity contribution is 7.92. The van der Waals surface area contributed by atoms with Gasteiger partial charge in [0.15, 0.2) is 0 Å². The summed E-state index contributed by atoms with van der Waals surface area (Å²) < 4.78 is 33.5. The van der Waals surface area contributed by atoms with Crippen LogP contribution in [0.4, 0.5) is 5.69 Å². The smallest absolute Gasteiger partial charge is 0.265 e. The lowest BCUT2D eigenvalue weighted by molar-refractivity contribution is 0.298. The number of rotatable bonds is 8. The van der Waals surface area contributed by atoms with Gasteiger partial charge in [0.25, 0.3) is 10.0 Å². The lowest BCUT2D eigenvalue weighted by Crippen LogP contribution is -2.15. The zero-order valence-electron chi connectivity index (χ0n) is 13.5. The Kier molecular flexibility index (Phi) is 5.98. The number of sulfonamides is 1. The van der Waals surface area contributed by atoms with Crippen LogP contribution >= 0.6 is 0 Å². The van der Waals surface area contributed by atoms with Gasteiger partial charge in [-0.05, 0) is 43.2 Å². The molecule has 0 aliphatic heterocycles. The van der Waals surface area contributed by atoms with Crippen molar-refractivity contribution in [3.05, 3.63) is 48.3 Å². The van der Waals surface area contributed by atoms with E-state index < -0.39 is 10.0 Å². The summed E-state index contributed by atoms with van der Waals surface area (Å²) in [5, 5.41) is 0. The quantitative estimate of drug-likeness (QED) is 0.746. The molecule has 0 unspecified atom stereocenters. The zero-order valence-corrected chi connectivity index (χ0v) is 14.3. The van der Waals surface area contributed by atoms with Crippen LogP contribution in [-0.4, -0.2) is 20.0 Å². The molecule has 0 atom stereocenters. The maximum atomic E-state index is 12.6. The van der Waals surface area contributed by atoms with E-state index in [0.717, 1.165) is 24.8 Å². The van der Waals surface area contributed by atoms with Crippen LogP contribution < -0.4 is 9.46 Å². The van der Waals surface area contributed by atoms with Crippen molar-refractivity contribution < 1.29 is 13.2 Å². The summed E-state index contributed by atoms with van der Waals surface area (Å²) in [6.45, 7) is 4.47. The first kappa shape index (κ1) is 17.3. The van der Waals surface area contributed by atoms with E-state index in [-0.39, 0.29) is 4.90 Å². The van der Waals surface area contributed by atoms with E-state index in [1.54, 1.807) is 30.5 Å². The highest BCUT2D eigenvalue weighted by Gasteiger charge is 2.20. The fourth-order valence-corrected chi connectivity index (χ4v) is 3.39. The molecule has 1 heterocycles. The summed E-state index contributed by atoms with van der Waals surface area (Å²) in [5.41, 5.74) is 1.28. The number of aromatic nitrogens is 1. The lowest BCUT2D eigenvalue weighted by atomic mass is 10.2. The van der Waals surface area contributed by atoms with Gasteiger partial charge in [0, 0.05) is 6.20 Å². The fourth-order valence-electron chi connectivity index (χ4n) is 2.11. The van der Waals surface area contributed by atoms with Gasteiger partial charge in [-0.1, -0.05) is 25.8 Å². The molecule has 0 amide bonds. The standard InChI is InChI=1S/C17H22N2O3S/c1-3-4-5-11-22-16-9-8-14(2)12-17(16)23(20,21)19-15-7-6-10-18-13-15/h6-10,12-13,19H,3-5,11H2,1-2H3. The van der Waals surface area contributed by atoms with E-state index in [9.17, 15) is 8.42 Å². The first-order valence-electron chi connectivity index (χ1n) is 7.69. The van der Waals surface area contributed by atoms with Gasteiger partial charge < -0.3 is 4.74 Å². The van der Waals surface area contributed by atoms with Crippen LogP contribution in [0.15, 0.2) is 47.6 Å². The molecular formula is C17H22N2O3S. The number of ether oxygens (including phenoxy) is 1. The number of hydrogen-bond acceptors (Lipinski definition) is 4. The van der Waals surface area contributed by atoms with E-state index in [1.807, 2.05) is 13.0 Å². The highest BCUT2D eigenvalue weighted by atomic mass is 32.2. The summed E-state index contributed by atoms with van der Waals surface area (Å²) >= 11 is 0. The average Bonchev–Trinajstić information content (AvgIpc) is 2.53. The third-order valence-electron chi connectivity index (χ3n) is 3.31. The number of unbranched alkanes of at least 4 members (excludes halogenated alkanes) is 2. The molecule has 2 aromatic rings. The van der Waals surface area contributed by atoms with Crippen LogP contribution in [-0.2, 0) is 10.0 Å². The molecule has 1 N–H and O–H groups in total. The van der Waals surface area contributed by atoms with Crippen LogP contribution in [0.1, 0.15) is 31.7 Å². The Morgan fingerprint density at radius 2 is 2.04 bits per heavy atom. The van der Waals surface area contributed by atoms with Gasteiger partial charge >= 0.3 is 0 Å². The predicted molar refractivity (Wildman–Crippen MR) is 91.2 cm³/mol. The molecule has 1 aromatic carbocycles. The number of nitrogens with one attached hydrogen (secondary N) is 1. The Morgan fingerprint density at radius 3 is 2.74 bits per heavy atom. The molecule has 124 valence electrons. The zero-order chi connectivity index (χ0) is 16.7. The SMILES string of the molecule is CCCCCOc1ccc(C)cc1S(=O)(=O)Nc1cccnc1. The lowest BCUT2D eigenvalue weighted by Gasteiger charge is -2.14. The molecule has 0 saturated heterocycles. The third-order valence-corrected chi connectivity index (χ3v) is 4.71. The number of hydrogen-bond donors (Lipinski definition) is 1. The largest absolute Gasteiger partial charge is 0.492 e. The Labute approximate surface area is 137 Å². The van der Waals surface area contributed by atoms with Crippen molar-refractivity contribution in [3.8, 4) is 5.75 Å². The van der Waals surface area contributed by atoms with E-state index >= 15 is 0 Å². The molecule has 0 radical (unpaired) electrons. The van der Waals surface area contributed by atoms with Crippen LogP contribution in [0.3, 0.4) is 0 Å². The van der Waals surface area contributed by atoms with Crippen LogP contribution in [0.2, 0.25) is 0 Å². The van der Waals surface area contributed by atoms with E-state index in [4.69, 9.17) is 4.74 Å². The topological polar surface area (TPSA) is 68.3 Å². The van der Waals surface area contributed by atoms with Crippen LogP contribution in [0.25, 0.3) is 0 Å². The predicted octanol–water partition coefficient (Wildman–Crippen LogP) is 3.76. The third kappa shape index (κ3) is 4.96. The van der Waals surface area contributed by atoms with Gasteiger partial charge in [0.05, 0.1) is 18.5 Å². The highest BCUT2D eigenvalue weighted by Crippen LogP contribution is 2.27. The molecule has 1 aromatic heterocycles. The van der Waals surface area contributed by atoms with E-state index in [0.29, 0.717) is 18.0 Å². The molecule has 0 aliphatic carbocycles. The van der Waals surface area contributed by atoms with Crippen molar-refractivity contribution in [3.63, 3.8) is 0 Å². The minimum atomic E-state index is -3.72. The Morgan fingerprint density at radius 1 is 1.22 bits per heavy atom. The molecule has 0 bridgehead atoms. The van der Waals surface area contributed by atoms with Gasteiger partial charge in [-0.3, -0.25) is 9.71 Å². The first-order chi connectivity index (χ1) is 11.0. The Bertz CT molecular complexity index is 731. The van der Waals surface area contributed by atoms with Gasteiger partial charge in [0.2, 0.25) is 0 Å². The second-order valence-corrected chi connectivity index (χ2v) is 7.00. The number of nitrogens with zero attached hydrogens (tertiary/aromatic N) is 1. The number of benzene rings is 1. The van der Waals surface area contributed by atoms with Gasteiger partial charge in [-0.15, -0.1) is 0 Å². The summed E-state index contributed by atoms with van der Waals surface area (Å²) in [6.07, 6.45) is 6.11. The molecule has 0 spiro atoms.